The quantitative estimate of drug-likeness (QED) is 0.873. The maximum absolute atomic E-state index is 12.7. The van der Waals surface area contributed by atoms with Crippen molar-refractivity contribution in [3.63, 3.8) is 0 Å². The highest BCUT2D eigenvalue weighted by Gasteiger charge is 2.42. The minimum atomic E-state index is -3.71. The summed E-state index contributed by atoms with van der Waals surface area (Å²) in [5.74, 6) is -1.41. The predicted octanol–water partition coefficient (Wildman–Crippen LogP) is 3.37. The molecule has 1 atom stereocenters. The van der Waals surface area contributed by atoms with Gasteiger partial charge in [0.15, 0.2) is 0 Å². The van der Waals surface area contributed by atoms with E-state index in [-0.39, 0.29) is 28.8 Å². The lowest BCUT2D eigenvalue weighted by molar-refractivity contribution is -0.119. The number of anilines is 2. The van der Waals surface area contributed by atoms with Crippen molar-refractivity contribution in [2.75, 3.05) is 15.4 Å². The van der Waals surface area contributed by atoms with Crippen molar-refractivity contribution in [1.82, 2.24) is 0 Å². The first-order valence-corrected chi connectivity index (χ1v) is 10.4. The fourth-order valence-electron chi connectivity index (χ4n) is 3.17. The second-order valence-corrected chi connectivity index (χ2v) is 8.89. The third kappa shape index (κ3) is 3.73. The Labute approximate surface area is 159 Å². The molecular weight excluding hydrogens is 364 g/mol. The van der Waals surface area contributed by atoms with Crippen molar-refractivity contribution in [3.8, 4) is 0 Å². The lowest BCUT2D eigenvalue weighted by Gasteiger charge is -2.17. The Morgan fingerprint density at radius 2 is 1.85 bits per heavy atom. The molecule has 2 aromatic rings. The predicted molar refractivity (Wildman–Crippen MR) is 105 cm³/mol. The average Bonchev–Trinajstić information content (AvgIpc) is 2.82. The molecule has 3 rings (SSSR count). The van der Waals surface area contributed by atoms with Crippen LogP contribution in [0.3, 0.4) is 0 Å². The number of benzene rings is 2. The van der Waals surface area contributed by atoms with E-state index in [1.54, 1.807) is 19.1 Å². The van der Waals surface area contributed by atoms with E-state index in [1.165, 1.54) is 12.1 Å². The van der Waals surface area contributed by atoms with Gasteiger partial charge in [0.2, 0.25) is 15.9 Å². The number of carbonyl (C=O) groups excluding carboxylic acids is 2. The third-order valence-corrected chi connectivity index (χ3v) is 6.40. The van der Waals surface area contributed by atoms with E-state index in [9.17, 15) is 18.0 Å². The maximum atomic E-state index is 12.7. The van der Waals surface area contributed by atoms with E-state index in [1.807, 2.05) is 38.1 Å². The fraction of sp³-hybridized carbons (Fsp3) is 0.300. The molecule has 0 radical (unpaired) electrons. The molecule has 0 bridgehead atoms. The van der Waals surface area contributed by atoms with Crippen LogP contribution >= 0.6 is 0 Å². The van der Waals surface area contributed by atoms with Gasteiger partial charge in [0.05, 0.1) is 17.4 Å². The van der Waals surface area contributed by atoms with E-state index < -0.39 is 21.8 Å². The molecule has 6 nitrogen and oxygen atoms in total. The molecule has 1 heterocycles. The number of para-hydroxylation sites is 1. The Bertz CT molecular complexity index is 999. The summed E-state index contributed by atoms with van der Waals surface area (Å²) in [7, 11) is -3.71. The van der Waals surface area contributed by atoms with Crippen LogP contribution in [0, 0.1) is 5.92 Å². The van der Waals surface area contributed by atoms with E-state index in [2.05, 4.69) is 5.32 Å². The summed E-state index contributed by atoms with van der Waals surface area (Å²) < 4.78 is 25.4. The van der Waals surface area contributed by atoms with Crippen LogP contribution in [0.25, 0.3) is 0 Å². The molecule has 0 saturated carbocycles. The molecule has 7 heteroatoms. The standard InChI is InChI=1S/C20H22N2O4S/c1-13(2)17-9-4-5-10-18(17)21-19(23)15-7-6-8-16(11-15)22-20(24)14(3)12-27(22,25)26/h4-11,13-14H,12H2,1-3H3,(H,21,23)/t14-/m1/s1. The van der Waals surface area contributed by atoms with Crippen molar-refractivity contribution in [3.05, 3.63) is 59.7 Å². The van der Waals surface area contributed by atoms with Gasteiger partial charge in [-0.05, 0) is 35.7 Å². The lowest BCUT2D eigenvalue weighted by Crippen LogP contribution is -2.30. The lowest BCUT2D eigenvalue weighted by atomic mass is 10.0. The highest BCUT2D eigenvalue weighted by atomic mass is 32.2. The van der Waals surface area contributed by atoms with Gasteiger partial charge in [0, 0.05) is 11.3 Å². The van der Waals surface area contributed by atoms with E-state index in [0.29, 0.717) is 5.69 Å². The van der Waals surface area contributed by atoms with Crippen LogP contribution in [0.1, 0.15) is 42.6 Å². The minimum Gasteiger partial charge on any atom is -0.322 e. The molecule has 1 aliphatic rings. The van der Waals surface area contributed by atoms with Gasteiger partial charge in [0.25, 0.3) is 5.91 Å². The van der Waals surface area contributed by atoms with Gasteiger partial charge in [-0.3, -0.25) is 9.59 Å². The number of hydrogen-bond donors (Lipinski definition) is 1. The molecule has 2 amide bonds. The summed E-state index contributed by atoms with van der Waals surface area (Å²) in [6, 6.07) is 13.6. The molecule has 1 fully saturated rings. The Morgan fingerprint density at radius 3 is 2.48 bits per heavy atom. The van der Waals surface area contributed by atoms with Gasteiger partial charge < -0.3 is 5.32 Å². The second-order valence-electron chi connectivity index (χ2n) is 7.03. The van der Waals surface area contributed by atoms with E-state index in [4.69, 9.17) is 0 Å². The molecule has 142 valence electrons. The summed E-state index contributed by atoms with van der Waals surface area (Å²) in [6.07, 6.45) is 0. The van der Waals surface area contributed by atoms with Crippen molar-refractivity contribution < 1.29 is 18.0 Å². The van der Waals surface area contributed by atoms with Crippen LogP contribution in [0.2, 0.25) is 0 Å². The number of hydrogen-bond acceptors (Lipinski definition) is 4. The largest absolute Gasteiger partial charge is 0.322 e. The van der Waals surface area contributed by atoms with Crippen molar-refractivity contribution in [2.45, 2.75) is 26.7 Å². The zero-order chi connectivity index (χ0) is 19.8. The zero-order valence-corrected chi connectivity index (χ0v) is 16.3. The van der Waals surface area contributed by atoms with Crippen LogP contribution in [0.4, 0.5) is 11.4 Å². The van der Waals surface area contributed by atoms with Crippen molar-refractivity contribution in [2.24, 2.45) is 5.92 Å². The van der Waals surface area contributed by atoms with Gasteiger partial charge in [-0.15, -0.1) is 0 Å². The fourth-order valence-corrected chi connectivity index (χ4v) is 4.98. The monoisotopic (exact) mass is 386 g/mol. The summed E-state index contributed by atoms with van der Waals surface area (Å²) in [4.78, 5) is 25.0. The molecule has 2 aromatic carbocycles. The van der Waals surface area contributed by atoms with Gasteiger partial charge in [-0.1, -0.05) is 45.0 Å². The van der Waals surface area contributed by atoms with E-state index >= 15 is 0 Å². The minimum absolute atomic E-state index is 0.189. The first-order chi connectivity index (χ1) is 12.7. The van der Waals surface area contributed by atoms with Gasteiger partial charge in [-0.2, -0.15) is 0 Å². The Hall–Kier alpha value is -2.67. The first kappa shape index (κ1) is 19.1. The van der Waals surface area contributed by atoms with Crippen LogP contribution in [-0.4, -0.2) is 26.0 Å². The summed E-state index contributed by atoms with van der Waals surface area (Å²) in [5.41, 5.74) is 2.19. The van der Waals surface area contributed by atoms with Crippen LogP contribution in [0.15, 0.2) is 48.5 Å². The van der Waals surface area contributed by atoms with Crippen LogP contribution in [-0.2, 0) is 14.8 Å². The number of carbonyl (C=O) groups is 2. The number of amides is 2. The summed E-state index contributed by atoms with van der Waals surface area (Å²) >= 11 is 0. The molecule has 0 aromatic heterocycles. The normalized spacial score (nSPS) is 18.7. The highest BCUT2D eigenvalue weighted by molar-refractivity contribution is 7.94. The van der Waals surface area contributed by atoms with Crippen molar-refractivity contribution >= 4 is 33.2 Å². The second kappa shape index (κ2) is 7.15. The number of rotatable bonds is 4. The molecule has 0 unspecified atom stereocenters. The number of nitrogens with one attached hydrogen (secondary N) is 1. The average molecular weight is 386 g/mol. The smallest absolute Gasteiger partial charge is 0.255 e. The van der Waals surface area contributed by atoms with Gasteiger partial charge in [0.1, 0.15) is 0 Å². The third-order valence-electron chi connectivity index (χ3n) is 4.53. The van der Waals surface area contributed by atoms with E-state index in [0.717, 1.165) is 9.87 Å². The number of sulfonamides is 1. The SMILES string of the molecule is CC(C)c1ccccc1NC(=O)c1cccc(N2C(=O)[C@H](C)CS2(=O)=O)c1. The molecule has 0 spiro atoms. The Kier molecular flexibility index (Phi) is 5.06. The Morgan fingerprint density at radius 1 is 1.15 bits per heavy atom. The van der Waals surface area contributed by atoms with Gasteiger partial charge >= 0.3 is 0 Å². The maximum Gasteiger partial charge on any atom is 0.255 e. The summed E-state index contributed by atoms with van der Waals surface area (Å²) in [5, 5.41) is 2.87. The topological polar surface area (TPSA) is 83.6 Å². The molecule has 1 saturated heterocycles. The molecular formula is C20H22N2O4S. The van der Waals surface area contributed by atoms with Gasteiger partial charge in [-0.25, -0.2) is 12.7 Å². The van der Waals surface area contributed by atoms with Crippen molar-refractivity contribution in [1.29, 1.82) is 0 Å². The van der Waals surface area contributed by atoms with Crippen LogP contribution < -0.4 is 9.62 Å². The zero-order valence-electron chi connectivity index (χ0n) is 15.5. The number of nitrogens with zero attached hydrogens (tertiary/aromatic N) is 1. The Balaban J connectivity index is 1.91. The molecule has 1 aliphatic heterocycles. The molecule has 1 N–H and O–H groups in total. The highest BCUT2D eigenvalue weighted by Crippen LogP contribution is 2.29. The first-order valence-electron chi connectivity index (χ1n) is 8.78. The molecule has 27 heavy (non-hydrogen) atoms. The summed E-state index contributed by atoms with van der Waals surface area (Å²) in [6.45, 7) is 5.66. The molecule has 0 aliphatic carbocycles. The van der Waals surface area contributed by atoms with Crippen LogP contribution in [0.5, 0.6) is 0 Å².